The summed E-state index contributed by atoms with van der Waals surface area (Å²) in [4.78, 5) is 14.3. The highest BCUT2D eigenvalue weighted by molar-refractivity contribution is 7.89. The van der Waals surface area contributed by atoms with Crippen LogP contribution < -0.4 is 9.62 Å². The molecule has 128 valence electrons. The molecule has 0 unspecified atom stereocenters. The Bertz CT molecular complexity index is 869. The molecule has 1 amide bonds. The maximum Gasteiger partial charge on any atom is 0.246 e. The first-order valence-corrected chi connectivity index (χ1v) is 9.14. The summed E-state index contributed by atoms with van der Waals surface area (Å²) in [5.74, 6) is -0.0820. The third-order valence-electron chi connectivity index (χ3n) is 4.09. The van der Waals surface area contributed by atoms with Crippen molar-refractivity contribution in [1.29, 1.82) is 0 Å². The highest BCUT2D eigenvalue weighted by Crippen LogP contribution is 2.28. The summed E-state index contributed by atoms with van der Waals surface area (Å²) in [6.07, 6.45) is 0.769. The Kier molecular flexibility index (Phi) is 4.18. The fourth-order valence-electron chi connectivity index (χ4n) is 3.00. The Morgan fingerprint density at radius 2 is 2.04 bits per heavy atom. The summed E-state index contributed by atoms with van der Waals surface area (Å²) in [5, 5.41) is 3.65. The molecule has 0 saturated heterocycles. The number of fused-ring (bicyclic) bond motifs is 1. The van der Waals surface area contributed by atoms with E-state index in [2.05, 4.69) is 9.88 Å². The van der Waals surface area contributed by atoms with Crippen molar-refractivity contribution in [3.8, 4) is 0 Å². The van der Waals surface area contributed by atoms with Crippen molar-refractivity contribution in [2.75, 3.05) is 11.4 Å². The van der Waals surface area contributed by atoms with Gasteiger partial charge in [-0.15, -0.1) is 0 Å². The number of rotatable bonds is 4. The lowest BCUT2D eigenvalue weighted by Crippen LogP contribution is -2.46. The van der Waals surface area contributed by atoms with Crippen molar-refractivity contribution in [3.63, 3.8) is 0 Å². The normalized spacial score (nSPS) is 15.4. The van der Waals surface area contributed by atoms with Crippen molar-refractivity contribution in [1.82, 2.24) is 9.88 Å². The number of carbonyl (C=O) groups is 1. The third kappa shape index (κ3) is 2.83. The van der Waals surface area contributed by atoms with Crippen LogP contribution in [-0.4, -0.2) is 32.1 Å². The summed E-state index contributed by atoms with van der Waals surface area (Å²) in [6.45, 7) is 5.17. The van der Waals surface area contributed by atoms with Crippen molar-refractivity contribution in [3.05, 3.63) is 41.3 Å². The molecule has 1 N–H and O–H groups in total. The van der Waals surface area contributed by atoms with Gasteiger partial charge in [0, 0.05) is 12.2 Å². The molecule has 2 heterocycles. The second-order valence-electron chi connectivity index (χ2n) is 5.86. The number of nitrogens with one attached hydrogen (secondary N) is 1. The molecule has 0 fully saturated rings. The largest absolute Gasteiger partial charge is 0.360 e. The number of aromatic nitrogens is 1. The standard InChI is InChI=1S/C16H19N3O4S/c1-10-15(12(3)23-17-10)24(21,22)18-11(2)16(20)19-9-8-13-6-4-5-7-14(13)19/h4-7,11,18H,8-9H2,1-3H3/t11-/m0/s1. The van der Waals surface area contributed by atoms with E-state index in [9.17, 15) is 13.2 Å². The lowest BCUT2D eigenvalue weighted by atomic mass is 10.2. The zero-order chi connectivity index (χ0) is 17.5. The Morgan fingerprint density at radius 1 is 1.33 bits per heavy atom. The third-order valence-corrected chi connectivity index (χ3v) is 5.88. The minimum absolute atomic E-state index is 0.0102. The highest BCUT2D eigenvalue weighted by atomic mass is 32.2. The van der Waals surface area contributed by atoms with Crippen molar-refractivity contribution < 1.29 is 17.7 Å². The molecule has 1 aliphatic heterocycles. The van der Waals surface area contributed by atoms with E-state index in [0.29, 0.717) is 6.54 Å². The molecular formula is C16H19N3O4S. The first-order valence-electron chi connectivity index (χ1n) is 7.66. The number of benzene rings is 1. The lowest BCUT2D eigenvalue weighted by molar-refractivity contribution is -0.119. The van der Waals surface area contributed by atoms with Gasteiger partial charge >= 0.3 is 0 Å². The second kappa shape index (κ2) is 6.03. The molecule has 1 aromatic carbocycles. The Labute approximate surface area is 140 Å². The van der Waals surface area contributed by atoms with Crippen LogP contribution in [0.3, 0.4) is 0 Å². The van der Waals surface area contributed by atoms with Gasteiger partial charge in [-0.25, -0.2) is 8.42 Å². The number of sulfonamides is 1. The highest BCUT2D eigenvalue weighted by Gasteiger charge is 2.32. The quantitative estimate of drug-likeness (QED) is 0.904. The number of carbonyl (C=O) groups excluding carboxylic acids is 1. The predicted octanol–water partition coefficient (Wildman–Crippen LogP) is 1.55. The Morgan fingerprint density at radius 3 is 2.71 bits per heavy atom. The maximum atomic E-state index is 12.7. The topological polar surface area (TPSA) is 92.5 Å². The molecule has 3 rings (SSSR count). The van der Waals surface area contributed by atoms with Crippen LogP contribution in [0.15, 0.2) is 33.7 Å². The molecule has 0 saturated carbocycles. The van der Waals surface area contributed by atoms with E-state index in [4.69, 9.17) is 4.52 Å². The molecule has 24 heavy (non-hydrogen) atoms. The molecule has 1 aliphatic rings. The van der Waals surface area contributed by atoms with Crippen LogP contribution in [-0.2, 0) is 21.2 Å². The number of nitrogens with zero attached hydrogens (tertiary/aromatic N) is 2. The minimum atomic E-state index is -3.88. The number of hydrogen-bond acceptors (Lipinski definition) is 5. The van der Waals surface area contributed by atoms with E-state index in [1.807, 2.05) is 24.3 Å². The fraction of sp³-hybridized carbons (Fsp3) is 0.375. The van der Waals surface area contributed by atoms with E-state index >= 15 is 0 Å². The van der Waals surface area contributed by atoms with Gasteiger partial charge in [0.15, 0.2) is 5.76 Å². The van der Waals surface area contributed by atoms with E-state index < -0.39 is 16.1 Å². The van der Waals surface area contributed by atoms with Gasteiger partial charge in [0.25, 0.3) is 0 Å². The van der Waals surface area contributed by atoms with Crippen LogP contribution in [0.25, 0.3) is 0 Å². The van der Waals surface area contributed by atoms with Gasteiger partial charge in [0.05, 0.1) is 6.04 Å². The van der Waals surface area contributed by atoms with E-state index in [-0.39, 0.29) is 22.3 Å². The Hall–Kier alpha value is -2.19. The number of aryl methyl sites for hydroxylation is 2. The van der Waals surface area contributed by atoms with Gasteiger partial charge in [-0.2, -0.15) is 4.72 Å². The Balaban J connectivity index is 1.81. The lowest BCUT2D eigenvalue weighted by Gasteiger charge is -2.22. The molecule has 2 aromatic rings. The van der Waals surface area contributed by atoms with Crippen LogP contribution in [0.2, 0.25) is 0 Å². The number of anilines is 1. The molecule has 0 spiro atoms. The summed E-state index contributed by atoms with van der Waals surface area (Å²) in [7, 11) is -3.88. The average Bonchev–Trinajstić information content (AvgIpc) is 3.09. The molecule has 8 heteroatoms. The van der Waals surface area contributed by atoms with E-state index in [1.54, 1.807) is 18.7 Å². The molecule has 0 radical (unpaired) electrons. The molecular weight excluding hydrogens is 330 g/mol. The van der Waals surface area contributed by atoms with Crippen molar-refractivity contribution >= 4 is 21.6 Å². The fourth-order valence-corrected chi connectivity index (χ4v) is 4.53. The SMILES string of the molecule is Cc1noc(C)c1S(=O)(=O)N[C@@H](C)C(=O)N1CCc2ccccc21. The van der Waals surface area contributed by atoms with Crippen LogP contribution >= 0.6 is 0 Å². The van der Waals surface area contributed by atoms with Crippen molar-refractivity contribution in [2.45, 2.75) is 38.1 Å². The molecule has 0 bridgehead atoms. The van der Waals surface area contributed by atoms with Crippen LogP contribution in [0.1, 0.15) is 23.9 Å². The summed E-state index contributed by atoms with van der Waals surface area (Å²) >= 11 is 0. The zero-order valence-electron chi connectivity index (χ0n) is 13.7. The first kappa shape index (κ1) is 16.7. The van der Waals surface area contributed by atoms with Crippen molar-refractivity contribution in [2.24, 2.45) is 0 Å². The average molecular weight is 349 g/mol. The predicted molar refractivity (Wildman–Crippen MR) is 88.3 cm³/mol. The minimum Gasteiger partial charge on any atom is -0.360 e. The second-order valence-corrected chi connectivity index (χ2v) is 7.52. The van der Waals surface area contributed by atoms with E-state index in [0.717, 1.165) is 17.7 Å². The van der Waals surface area contributed by atoms with Gasteiger partial charge < -0.3 is 9.42 Å². The van der Waals surface area contributed by atoms with Crippen LogP contribution in [0.4, 0.5) is 5.69 Å². The summed E-state index contributed by atoms with van der Waals surface area (Å²) in [6, 6.07) is 6.74. The number of hydrogen-bond donors (Lipinski definition) is 1. The molecule has 1 aromatic heterocycles. The van der Waals surface area contributed by atoms with Gasteiger partial charge in [-0.05, 0) is 38.8 Å². The van der Waals surface area contributed by atoms with Gasteiger partial charge in [-0.3, -0.25) is 4.79 Å². The van der Waals surface area contributed by atoms with Gasteiger partial charge in [-0.1, -0.05) is 23.4 Å². The summed E-state index contributed by atoms with van der Waals surface area (Å²) in [5.41, 5.74) is 2.20. The van der Waals surface area contributed by atoms with Crippen LogP contribution in [0, 0.1) is 13.8 Å². The number of amides is 1. The first-order chi connectivity index (χ1) is 11.3. The number of para-hydroxylation sites is 1. The smallest absolute Gasteiger partial charge is 0.246 e. The van der Waals surface area contributed by atoms with Crippen LogP contribution in [0.5, 0.6) is 0 Å². The zero-order valence-corrected chi connectivity index (χ0v) is 14.6. The van der Waals surface area contributed by atoms with Gasteiger partial charge in [0.1, 0.15) is 10.6 Å². The monoisotopic (exact) mass is 349 g/mol. The molecule has 0 aliphatic carbocycles. The summed E-state index contributed by atoms with van der Waals surface area (Å²) < 4.78 is 32.4. The molecule has 1 atom stereocenters. The van der Waals surface area contributed by atoms with E-state index in [1.165, 1.54) is 6.92 Å². The molecule has 7 nitrogen and oxygen atoms in total. The maximum absolute atomic E-state index is 12.7. The van der Waals surface area contributed by atoms with Gasteiger partial charge in [0.2, 0.25) is 15.9 Å².